The summed E-state index contributed by atoms with van der Waals surface area (Å²) in [5.74, 6) is 0.180. The number of aryl methyl sites for hydroxylation is 2. The van der Waals surface area contributed by atoms with Crippen molar-refractivity contribution in [1.29, 1.82) is 0 Å². The van der Waals surface area contributed by atoms with Crippen molar-refractivity contribution >= 4 is 5.78 Å². The number of benzene rings is 1. The Kier molecular flexibility index (Phi) is 2.98. The molecule has 1 atom stereocenters. The molecule has 0 amide bonds. The summed E-state index contributed by atoms with van der Waals surface area (Å²) < 4.78 is 5.56. The summed E-state index contributed by atoms with van der Waals surface area (Å²) in [5.41, 5.74) is 3.63. The Labute approximate surface area is 102 Å². The molecule has 1 aliphatic heterocycles. The molecular weight excluding hydrogens is 212 g/mol. The van der Waals surface area contributed by atoms with Crippen LogP contribution in [0.4, 0.5) is 0 Å². The molecule has 0 aromatic heterocycles. The van der Waals surface area contributed by atoms with Gasteiger partial charge in [-0.3, -0.25) is 4.79 Å². The van der Waals surface area contributed by atoms with Gasteiger partial charge in [0, 0.05) is 12.2 Å². The highest BCUT2D eigenvalue weighted by Gasteiger charge is 2.24. The highest BCUT2D eigenvalue weighted by molar-refractivity contribution is 5.99. The minimum atomic E-state index is -0.191. The van der Waals surface area contributed by atoms with Gasteiger partial charge in [0.15, 0.2) is 5.78 Å². The average Bonchev–Trinajstić information content (AvgIpc) is 2.86. The first-order chi connectivity index (χ1) is 8.34. The van der Waals surface area contributed by atoms with Crippen LogP contribution in [0.15, 0.2) is 18.2 Å². The summed E-state index contributed by atoms with van der Waals surface area (Å²) in [6.07, 6.45) is 6.42. The van der Waals surface area contributed by atoms with E-state index in [9.17, 15) is 4.79 Å². The molecule has 1 aliphatic carbocycles. The molecule has 1 aromatic carbocycles. The van der Waals surface area contributed by atoms with E-state index < -0.39 is 0 Å². The Balaban J connectivity index is 1.81. The molecule has 3 rings (SSSR count). The predicted molar refractivity (Wildman–Crippen MR) is 66.4 cm³/mol. The molecular formula is C15H18O2. The zero-order chi connectivity index (χ0) is 11.7. The van der Waals surface area contributed by atoms with Crippen molar-refractivity contribution < 1.29 is 9.53 Å². The number of ether oxygens (including phenoxy) is 1. The van der Waals surface area contributed by atoms with Crippen LogP contribution in [0.2, 0.25) is 0 Å². The summed E-state index contributed by atoms with van der Waals surface area (Å²) in [6, 6.07) is 6.19. The van der Waals surface area contributed by atoms with Gasteiger partial charge in [-0.25, -0.2) is 0 Å². The number of fused-ring (bicyclic) bond motifs is 1. The average molecular weight is 230 g/mol. The molecule has 1 unspecified atom stereocenters. The normalized spacial score (nSPS) is 23.4. The summed E-state index contributed by atoms with van der Waals surface area (Å²) >= 11 is 0. The lowest BCUT2D eigenvalue weighted by atomic mass is 9.97. The number of ketones is 1. The van der Waals surface area contributed by atoms with Gasteiger partial charge in [-0.15, -0.1) is 0 Å². The molecule has 0 saturated carbocycles. The number of hydrogen-bond donors (Lipinski definition) is 0. The van der Waals surface area contributed by atoms with Crippen LogP contribution >= 0.6 is 0 Å². The van der Waals surface area contributed by atoms with Gasteiger partial charge >= 0.3 is 0 Å². The number of hydrogen-bond acceptors (Lipinski definition) is 2. The highest BCUT2D eigenvalue weighted by Crippen LogP contribution is 2.25. The van der Waals surface area contributed by atoms with Gasteiger partial charge in [-0.1, -0.05) is 12.1 Å². The van der Waals surface area contributed by atoms with E-state index in [2.05, 4.69) is 12.1 Å². The fraction of sp³-hybridized carbons (Fsp3) is 0.533. The van der Waals surface area contributed by atoms with Crippen molar-refractivity contribution in [2.24, 2.45) is 0 Å². The van der Waals surface area contributed by atoms with E-state index in [-0.39, 0.29) is 11.9 Å². The Morgan fingerprint density at radius 1 is 1.12 bits per heavy atom. The van der Waals surface area contributed by atoms with Crippen LogP contribution in [-0.2, 0) is 17.6 Å². The molecule has 1 heterocycles. The zero-order valence-electron chi connectivity index (χ0n) is 10.1. The second-order valence-electron chi connectivity index (χ2n) is 5.06. The van der Waals surface area contributed by atoms with Crippen LogP contribution in [0, 0.1) is 0 Å². The molecule has 0 bridgehead atoms. The summed E-state index contributed by atoms with van der Waals surface area (Å²) in [6.45, 7) is 0.737. The molecule has 2 aliphatic rings. The minimum absolute atomic E-state index is 0.180. The monoisotopic (exact) mass is 230 g/mol. The van der Waals surface area contributed by atoms with Gasteiger partial charge < -0.3 is 4.74 Å². The number of Topliss-reactive ketones (excluding diaryl/α,β-unsaturated/α-hetero) is 1. The van der Waals surface area contributed by atoms with Crippen LogP contribution in [0.25, 0.3) is 0 Å². The van der Waals surface area contributed by atoms with Crippen LogP contribution < -0.4 is 0 Å². The minimum Gasteiger partial charge on any atom is -0.370 e. The van der Waals surface area contributed by atoms with Gasteiger partial charge in [0.25, 0.3) is 0 Å². The molecule has 2 nitrogen and oxygen atoms in total. The van der Waals surface area contributed by atoms with E-state index >= 15 is 0 Å². The van der Waals surface area contributed by atoms with Gasteiger partial charge in [-0.05, 0) is 55.7 Å². The maximum atomic E-state index is 12.3. The first-order valence-electron chi connectivity index (χ1n) is 6.62. The van der Waals surface area contributed by atoms with Gasteiger partial charge in [0.05, 0.1) is 0 Å². The third kappa shape index (κ3) is 2.14. The largest absolute Gasteiger partial charge is 0.370 e. The van der Waals surface area contributed by atoms with Gasteiger partial charge in [0.1, 0.15) is 6.10 Å². The SMILES string of the molecule is O=C(c1ccc2c(c1)CCC2)C1CCCCO1. The van der Waals surface area contributed by atoms with Gasteiger partial charge in [-0.2, -0.15) is 0 Å². The first-order valence-corrected chi connectivity index (χ1v) is 6.62. The van der Waals surface area contributed by atoms with Crippen molar-refractivity contribution in [1.82, 2.24) is 0 Å². The maximum absolute atomic E-state index is 12.3. The molecule has 0 spiro atoms. The van der Waals surface area contributed by atoms with Crippen molar-refractivity contribution in [2.75, 3.05) is 6.61 Å². The molecule has 0 radical (unpaired) electrons. The lowest BCUT2D eigenvalue weighted by molar-refractivity contribution is 0.0186. The second-order valence-corrected chi connectivity index (χ2v) is 5.06. The standard InChI is InChI=1S/C15H18O2/c16-15(14-6-1-2-9-17-14)13-8-7-11-4-3-5-12(11)10-13/h7-8,10,14H,1-6,9H2. The Bertz CT molecular complexity index is 431. The lowest BCUT2D eigenvalue weighted by Crippen LogP contribution is -2.28. The number of carbonyl (C=O) groups excluding carboxylic acids is 1. The quantitative estimate of drug-likeness (QED) is 0.730. The predicted octanol–water partition coefficient (Wildman–Crippen LogP) is 2.93. The number of rotatable bonds is 2. The van der Waals surface area contributed by atoms with E-state index in [1.807, 2.05) is 6.07 Å². The van der Waals surface area contributed by atoms with Crippen molar-refractivity contribution in [3.05, 3.63) is 34.9 Å². The molecule has 0 N–H and O–H groups in total. The Morgan fingerprint density at radius 3 is 2.82 bits per heavy atom. The topological polar surface area (TPSA) is 26.3 Å². The smallest absolute Gasteiger partial charge is 0.191 e. The number of carbonyl (C=O) groups is 1. The van der Waals surface area contributed by atoms with Crippen molar-refractivity contribution in [3.63, 3.8) is 0 Å². The highest BCUT2D eigenvalue weighted by atomic mass is 16.5. The third-order valence-electron chi connectivity index (χ3n) is 3.86. The summed E-state index contributed by atoms with van der Waals surface area (Å²) in [5, 5.41) is 0. The maximum Gasteiger partial charge on any atom is 0.191 e. The van der Waals surface area contributed by atoms with Gasteiger partial charge in [0.2, 0.25) is 0 Å². The summed E-state index contributed by atoms with van der Waals surface area (Å²) in [7, 11) is 0. The van der Waals surface area contributed by atoms with Crippen molar-refractivity contribution in [3.8, 4) is 0 Å². The molecule has 2 heteroatoms. The lowest BCUT2D eigenvalue weighted by Gasteiger charge is -2.21. The van der Waals surface area contributed by atoms with E-state index in [0.29, 0.717) is 0 Å². The van der Waals surface area contributed by atoms with Crippen LogP contribution in [-0.4, -0.2) is 18.5 Å². The van der Waals surface area contributed by atoms with E-state index in [4.69, 9.17) is 4.74 Å². The Hall–Kier alpha value is -1.15. The molecule has 17 heavy (non-hydrogen) atoms. The van der Waals surface area contributed by atoms with Crippen LogP contribution in [0.5, 0.6) is 0 Å². The van der Waals surface area contributed by atoms with E-state index in [1.165, 1.54) is 24.0 Å². The Morgan fingerprint density at radius 2 is 2.00 bits per heavy atom. The molecule has 1 fully saturated rings. The molecule has 1 saturated heterocycles. The van der Waals surface area contributed by atoms with Crippen LogP contribution in [0.3, 0.4) is 0 Å². The van der Waals surface area contributed by atoms with Crippen molar-refractivity contribution in [2.45, 2.75) is 44.6 Å². The summed E-state index contributed by atoms with van der Waals surface area (Å²) in [4.78, 5) is 12.3. The third-order valence-corrected chi connectivity index (χ3v) is 3.86. The van der Waals surface area contributed by atoms with E-state index in [1.54, 1.807) is 0 Å². The molecule has 1 aromatic rings. The fourth-order valence-electron chi connectivity index (χ4n) is 2.86. The van der Waals surface area contributed by atoms with Crippen LogP contribution in [0.1, 0.15) is 47.2 Å². The molecule has 90 valence electrons. The fourth-order valence-corrected chi connectivity index (χ4v) is 2.86. The second kappa shape index (κ2) is 4.61. The van der Waals surface area contributed by atoms with E-state index in [0.717, 1.165) is 37.9 Å². The zero-order valence-corrected chi connectivity index (χ0v) is 10.1. The first kappa shape index (κ1) is 11.0.